The zero-order chi connectivity index (χ0) is 18.9. The standard InChI is InChI=1S/C22H24N2O3/c1-26-19-11-6-5-8-17(19)13-14-23-21(25)16-24-22(20-12-7-15-27-20)18-9-3-2-4-10-18/h2-12,15,22,24H,13-14,16H2,1H3,(H,23,25)/p+1/t22-/m1/s1. The highest BCUT2D eigenvalue weighted by atomic mass is 16.5. The van der Waals surface area contributed by atoms with Crippen LogP contribution in [0.25, 0.3) is 0 Å². The monoisotopic (exact) mass is 365 g/mol. The van der Waals surface area contributed by atoms with Crippen LogP contribution in [0.3, 0.4) is 0 Å². The minimum Gasteiger partial charge on any atom is -0.496 e. The smallest absolute Gasteiger partial charge is 0.275 e. The van der Waals surface area contributed by atoms with Crippen molar-refractivity contribution in [3.05, 3.63) is 89.9 Å². The Morgan fingerprint density at radius 1 is 1.07 bits per heavy atom. The molecule has 27 heavy (non-hydrogen) atoms. The lowest BCUT2D eigenvalue weighted by molar-refractivity contribution is -0.678. The molecule has 3 rings (SSSR count). The molecule has 0 saturated carbocycles. The molecule has 5 nitrogen and oxygen atoms in total. The topological polar surface area (TPSA) is 68.1 Å². The molecule has 3 aromatic rings. The summed E-state index contributed by atoms with van der Waals surface area (Å²) in [6, 6.07) is 21.7. The van der Waals surface area contributed by atoms with Gasteiger partial charge in [-0.15, -0.1) is 0 Å². The van der Waals surface area contributed by atoms with Gasteiger partial charge in [-0.1, -0.05) is 48.5 Å². The minimum absolute atomic E-state index is 0.00242. The summed E-state index contributed by atoms with van der Waals surface area (Å²) in [7, 11) is 1.66. The Balaban J connectivity index is 1.52. The van der Waals surface area contributed by atoms with Gasteiger partial charge in [-0.25, -0.2) is 0 Å². The zero-order valence-electron chi connectivity index (χ0n) is 15.4. The van der Waals surface area contributed by atoms with Crippen LogP contribution >= 0.6 is 0 Å². The van der Waals surface area contributed by atoms with Crippen LogP contribution in [0.4, 0.5) is 0 Å². The van der Waals surface area contributed by atoms with Gasteiger partial charge < -0.3 is 19.8 Å². The van der Waals surface area contributed by atoms with Gasteiger partial charge in [0, 0.05) is 12.1 Å². The van der Waals surface area contributed by atoms with Crippen LogP contribution in [0.5, 0.6) is 5.75 Å². The third kappa shape index (κ3) is 5.21. The summed E-state index contributed by atoms with van der Waals surface area (Å²) in [5.74, 6) is 1.68. The summed E-state index contributed by atoms with van der Waals surface area (Å²) in [4.78, 5) is 12.3. The molecular weight excluding hydrogens is 340 g/mol. The van der Waals surface area contributed by atoms with Gasteiger partial charge in [0.05, 0.1) is 13.4 Å². The maximum Gasteiger partial charge on any atom is 0.275 e. The van der Waals surface area contributed by atoms with E-state index >= 15 is 0 Å². The molecule has 0 fully saturated rings. The number of nitrogens with two attached hydrogens (primary N) is 1. The first-order valence-corrected chi connectivity index (χ1v) is 9.08. The number of ether oxygens (including phenoxy) is 1. The Morgan fingerprint density at radius 3 is 2.59 bits per heavy atom. The van der Waals surface area contributed by atoms with Crippen molar-refractivity contribution < 1.29 is 19.3 Å². The van der Waals surface area contributed by atoms with Gasteiger partial charge in [0.2, 0.25) is 0 Å². The van der Waals surface area contributed by atoms with E-state index in [0.29, 0.717) is 13.1 Å². The molecular formula is C22H25N2O3+. The number of hydrogen-bond donors (Lipinski definition) is 2. The average molecular weight is 365 g/mol. The summed E-state index contributed by atoms with van der Waals surface area (Å²) in [6.07, 6.45) is 2.39. The second-order valence-electron chi connectivity index (χ2n) is 6.26. The molecule has 0 spiro atoms. The summed E-state index contributed by atoms with van der Waals surface area (Å²) in [5.41, 5.74) is 2.19. The van der Waals surface area contributed by atoms with E-state index in [0.717, 1.165) is 29.1 Å². The van der Waals surface area contributed by atoms with E-state index in [1.165, 1.54) is 0 Å². The van der Waals surface area contributed by atoms with Crippen molar-refractivity contribution in [3.63, 3.8) is 0 Å². The molecule has 0 bridgehead atoms. The zero-order valence-corrected chi connectivity index (χ0v) is 15.4. The maximum absolute atomic E-state index is 12.3. The molecule has 1 atom stereocenters. The molecule has 0 unspecified atom stereocenters. The number of hydrogen-bond acceptors (Lipinski definition) is 3. The van der Waals surface area contributed by atoms with Gasteiger partial charge in [0.15, 0.2) is 18.3 Å². The highest BCUT2D eigenvalue weighted by Gasteiger charge is 2.21. The summed E-state index contributed by atoms with van der Waals surface area (Å²) >= 11 is 0. The van der Waals surface area contributed by atoms with Gasteiger partial charge >= 0.3 is 0 Å². The van der Waals surface area contributed by atoms with Crippen molar-refractivity contribution in [1.82, 2.24) is 5.32 Å². The van der Waals surface area contributed by atoms with Gasteiger partial charge in [-0.2, -0.15) is 0 Å². The first-order chi connectivity index (χ1) is 13.3. The molecule has 1 aromatic heterocycles. The Labute approximate surface area is 159 Å². The number of nitrogens with one attached hydrogen (secondary N) is 1. The van der Waals surface area contributed by atoms with Crippen molar-refractivity contribution in [2.75, 3.05) is 20.2 Å². The molecule has 140 valence electrons. The van der Waals surface area contributed by atoms with Crippen molar-refractivity contribution in [3.8, 4) is 5.75 Å². The largest absolute Gasteiger partial charge is 0.496 e. The van der Waals surface area contributed by atoms with Gasteiger partial charge in [-0.05, 0) is 30.2 Å². The lowest BCUT2D eigenvalue weighted by Gasteiger charge is -2.14. The number of furan rings is 1. The number of quaternary nitrogens is 1. The molecule has 0 aliphatic rings. The number of carbonyl (C=O) groups is 1. The Morgan fingerprint density at radius 2 is 1.85 bits per heavy atom. The average Bonchev–Trinajstić information content (AvgIpc) is 3.24. The van der Waals surface area contributed by atoms with Crippen LogP contribution < -0.4 is 15.4 Å². The van der Waals surface area contributed by atoms with Crippen molar-refractivity contribution in [2.24, 2.45) is 0 Å². The number of para-hydroxylation sites is 1. The first-order valence-electron chi connectivity index (χ1n) is 9.08. The van der Waals surface area contributed by atoms with Crippen molar-refractivity contribution in [1.29, 1.82) is 0 Å². The fraction of sp³-hybridized carbons (Fsp3) is 0.227. The fourth-order valence-electron chi connectivity index (χ4n) is 3.09. The SMILES string of the molecule is COc1ccccc1CCNC(=O)C[NH2+][C@H](c1ccccc1)c1ccco1. The van der Waals surface area contributed by atoms with E-state index in [-0.39, 0.29) is 11.9 Å². The molecule has 0 aliphatic carbocycles. The van der Waals surface area contributed by atoms with Crippen LogP contribution in [0.2, 0.25) is 0 Å². The van der Waals surface area contributed by atoms with Crippen LogP contribution in [0.15, 0.2) is 77.4 Å². The second kappa shape index (κ2) is 9.59. The molecule has 1 heterocycles. The Hall–Kier alpha value is -3.05. The van der Waals surface area contributed by atoms with Gasteiger partial charge in [0.25, 0.3) is 5.91 Å². The lowest BCUT2D eigenvalue weighted by Crippen LogP contribution is -2.87. The van der Waals surface area contributed by atoms with Crippen LogP contribution in [0, 0.1) is 0 Å². The molecule has 2 aromatic carbocycles. The summed E-state index contributed by atoms with van der Waals surface area (Å²) < 4.78 is 10.9. The maximum atomic E-state index is 12.3. The van der Waals surface area contributed by atoms with E-state index in [2.05, 4.69) is 5.32 Å². The molecule has 3 N–H and O–H groups in total. The third-order valence-corrected chi connectivity index (χ3v) is 4.46. The molecule has 0 radical (unpaired) electrons. The Bertz CT molecular complexity index is 832. The number of carbonyl (C=O) groups excluding carboxylic acids is 1. The van der Waals surface area contributed by atoms with Gasteiger partial charge in [0.1, 0.15) is 5.75 Å². The number of benzene rings is 2. The minimum atomic E-state index is -0.0406. The predicted molar refractivity (Wildman–Crippen MR) is 103 cm³/mol. The van der Waals surface area contributed by atoms with Crippen molar-refractivity contribution in [2.45, 2.75) is 12.5 Å². The van der Waals surface area contributed by atoms with E-state index in [4.69, 9.17) is 9.15 Å². The first kappa shape index (κ1) is 18.7. The van der Waals surface area contributed by atoms with Crippen LogP contribution in [-0.2, 0) is 11.2 Å². The number of amides is 1. The lowest BCUT2D eigenvalue weighted by atomic mass is 10.0. The van der Waals surface area contributed by atoms with E-state index in [1.54, 1.807) is 13.4 Å². The van der Waals surface area contributed by atoms with E-state index < -0.39 is 0 Å². The normalized spacial score (nSPS) is 11.7. The summed E-state index contributed by atoms with van der Waals surface area (Å²) in [5, 5.41) is 4.97. The Kier molecular flexibility index (Phi) is 6.66. The highest BCUT2D eigenvalue weighted by Crippen LogP contribution is 2.18. The van der Waals surface area contributed by atoms with E-state index in [1.807, 2.05) is 72.0 Å². The summed E-state index contributed by atoms with van der Waals surface area (Å²) in [6.45, 7) is 0.899. The van der Waals surface area contributed by atoms with E-state index in [9.17, 15) is 4.79 Å². The molecule has 0 saturated heterocycles. The second-order valence-corrected chi connectivity index (χ2v) is 6.26. The molecule has 5 heteroatoms. The quantitative estimate of drug-likeness (QED) is 0.611. The fourth-order valence-corrected chi connectivity index (χ4v) is 3.09. The molecule has 1 amide bonds. The highest BCUT2D eigenvalue weighted by molar-refractivity contribution is 5.76. The molecule has 0 aliphatic heterocycles. The number of methoxy groups -OCH3 is 1. The number of rotatable bonds is 9. The predicted octanol–water partition coefficient (Wildman–Crippen LogP) is 2.30. The van der Waals surface area contributed by atoms with Gasteiger partial charge in [-0.3, -0.25) is 4.79 Å². The van der Waals surface area contributed by atoms with Crippen molar-refractivity contribution >= 4 is 5.91 Å². The third-order valence-electron chi connectivity index (χ3n) is 4.46. The van der Waals surface area contributed by atoms with Crippen LogP contribution in [-0.4, -0.2) is 26.1 Å². The van der Waals surface area contributed by atoms with Crippen LogP contribution in [0.1, 0.15) is 22.9 Å².